The second-order valence-corrected chi connectivity index (χ2v) is 4.51. The van der Waals surface area contributed by atoms with Crippen LogP contribution in [0.15, 0.2) is 0 Å². The van der Waals surface area contributed by atoms with Crippen molar-refractivity contribution in [1.82, 2.24) is 4.90 Å². The van der Waals surface area contributed by atoms with Gasteiger partial charge in [0, 0.05) is 18.5 Å². The van der Waals surface area contributed by atoms with Crippen LogP contribution in [0.3, 0.4) is 0 Å². The first-order valence-corrected chi connectivity index (χ1v) is 6.51. The highest BCUT2D eigenvalue weighted by molar-refractivity contribution is 9.09. The quantitative estimate of drug-likeness (QED) is 0.727. The SMILES string of the molecule is O=C(C1CCCCO1)N(CCBr)CC(F)F. The Balaban J connectivity index is 2.50. The number of halogens is 3. The maximum absolute atomic E-state index is 12.3. The lowest BCUT2D eigenvalue weighted by molar-refractivity contribution is -0.148. The summed E-state index contributed by atoms with van der Waals surface area (Å²) in [5.41, 5.74) is 0. The molecule has 0 aromatic rings. The molecule has 1 aliphatic rings. The molecule has 3 nitrogen and oxygen atoms in total. The zero-order chi connectivity index (χ0) is 12.0. The molecule has 0 aromatic heterocycles. The van der Waals surface area contributed by atoms with Crippen LogP contribution in [0.1, 0.15) is 19.3 Å². The number of hydrogen-bond acceptors (Lipinski definition) is 2. The van der Waals surface area contributed by atoms with Crippen molar-refractivity contribution in [2.45, 2.75) is 31.8 Å². The van der Waals surface area contributed by atoms with E-state index < -0.39 is 19.1 Å². The molecule has 0 spiro atoms. The number of rotatable bonds is 5. The van der Waals surface area contributed by atoms with Gasteiger partial charge in [-0.3, -0.25) is 4.79 Å². The molecule has 1 heterocycles. The fourth-order valence-corrected chi connectivity index (χ4v) is 2.13. The zero-order valence-electron chi connectivity index (χ0n) is 9.00. The second kappa shape index (κ2) is 7.17. The summed E-state index contributed by atoms with van der Waals surface area (Å²) in [6.07, 6.45) is -0.510. The van der Waals surface area contributed by atoms with Gasteiger partial charge >= 0.3 is 0 Å². The third-order valence-electron chi connectivity index (χ3n) is 2.48. The fraction of sp³-hybridized carbons (Fsp3) is 0.900. The van der Waals surface area contributed by atoms with Crippen LogP contribution in [0.4, 0.5) is 8.78 Å². The normalized spacial score (nSPS) is 21.1. The van der Waals surface area contributed by atoms with Crippen LogP contribution in [0, 0.1) is 0 Å². The molecule has 1 unspecified atom stereocenters. The van der Waals surface area contributed by atoms with E-state index in [0.717, 1.165) is 12.8 Å². The van der Waals surface area contributed by atoms with Gasteiger partial charge in [-0.1, -0.05) is 15.9 Å². The highest BCUT2D eigenvalue weighted by Crippen LogP contribution is 2.15. The number of amides is 1. The molecule has 1 fully saturated rings. The van der Waals surface area contributed by atoms with Gasteiger partial charge in [0.2, 0.25) is 0 Å². The number of alkyl halides is 3. The smallest absolute Gasteiger partial charge is 0.255 e. The first-order valence-electron chi connectivity index (χ1n) is 5.39. The van der Waals surface area contributed by atoms with Gasteiger partial charge in [-0.25, -0.2) is 8.78 Å². The molecule has 1 saturated heterocycles. The Morgan fingerprint density at radius 2 is 2.25 bits per heavy atom. The molecule has 1 amide bonds. The molecule has 1 aliphatic heterocycles. The summed E-state index contributed by atoms with van der Waals surface area (Å²) >= 11 is 3.15. The zero-order valence-corrected chi connectivity index (χ0v) is 10.6. The average molecular weight is 300 g/mol. The van der Waals surface area contributed by atoms with Crippen molar-refractivity contribution in [2.24, 2.45) is 0 Å². The standard InChI is InChI=1S/C10H16BrF2NO2/c11-4-5-14(7-9(12)13)10(15)8-3-1-2-6-16-8/h8-9H,1-7H2. The molecule has 0 aromatic carbocycles. The van der Waals surface area contributed by atoms with Gasteiger partial charge in [-0.2, -0.15) is 0 Å². The van der Waals surface area contributed by atoms with Crippen molar-refractivity contribution in [2.75, 3.05) is 25.0 Å². The summed E-state index contributed by atoms with van der Waals surface area (Å²) in [6, 6.07) is 0. The highest BCUT2D eigenvalue weighted by atomic mass is 79.9. The monoisotopic (exact) mass is 299 g/mol. The van der Waals surface area contributed by atoms with E-state index >= 15 is 0 Å². The Bertz CT molecular complexity index is 223. The lowest BCUT2D eigenvalue weighted by Crippen LogP contribution is -2.44. The Kier molecular flexibility index (Phi) is 6.20. The van der Waals surface area contributed by atoms with Crippen molar-refractivity contribution in [3.05, 3.63) is 0 Å². The fourth-order valence-electron chi connectivity index (χ4n) is 1.70. The minimum absolute atomic E-state index is 0.295. The van der Waals surface area contributed by atoms with Crippen molar-refractivity contribution < 1.29 is 18.3 Å². The lowest BCUT2D eigenvalue weighted by atomic mass is 10.1. The summed E-state index contributed by atoms with van der Waals surface area (Å²) in [4.78, 5) is 13.0. The molecule has 0 saturated carbocycles. The van der Waals surface area contributed by atoms with Gasteiger partial charge < -0.3 is 9.64 Å². The summed E-state index contributed by atoms with van der Waals surface area (Å²) in [5, 5.41) is 0.498. The van der Waals surface area contributed by atoms with Crippen LogP contribution >= 0.6 is 15.9 Å². The molecule has 0 N–H and O–H groups in total. The van der Waals surface area contributed by atoms with Crippen LogP contribution < -0.4 is 0 Å². The number of carbonyl (C=O) groups excluding carboxylic acids is 1. The Labute approximate surface area is 102 Å². The third-order valence-corrected chi connectivity index (χ3v) is 2.83. The van der Waals surface area contributed by atoms with Gasteiger partial charge in [0.05, 0.1) is 6.54 Å². The van der Waals surface area contributed by atoms with Gasteiger partial charge in [-0.15, -0.1) is 0 Å². The van der Waals surface area contributed by atoms with E-state index in [9.17, 15) is 13.6 Å². The first-order chi connectivity index (χ1) is 7.65. The lowest BCUT2D eigenvalue weighted by Gasteiger charge is -2.28. The number of nitrogens with zero attached hydrogens (tertiary/aromatic N) is 1. The van der Waals surface area contributed by atoms with Gasteiger partial charge in [0.25, 0.3) is 12.3 Å². The molecule has 16 heavy (non-hydrogen) atoms. The van der Waals surface area contributed by atoms with Gasteiger partial charge in [0.15, 0.2) is 0 Å². The minimum Gasteiger partial charge on any atom is -0.368 e. The average Bonchev–Trinajstić information content (AvgIpc) is 2.28. The number of ether oxygens (including phenoxy) is 1. The van der Waals surface area contributed by atoms with Crippen LogP contribution in [-0.4, -0.2) is 48.4 Å². The largest absolute Gasteiger partial charge is 0.368 e. The van der Waals surface area contributed by atoms with Crippen LogP contribution in [0.5, 0.6) is 0 Å². The van der Waals surface area contributed by atoms with Gasteiger partial charge in [0.1, 0.15) is 6.10 Å². The van der Waals surface area contributed by atoms with E-state index in [0.29, 0.717) is 24.9 Å². The molecular weight excluding hydrogens is 284 g/mol. The van der Waals surface area contributed by atoms with Crippen molar-refractivity contribution in [1.29, 1.82) is 0 Å². The minimum atomic E-state index is -2.49. The van der Waals surface area contributed by atoms with Crippen molar-refractivity contribution >= 4 is 21.8 Å². The van der Waals surface area contributed by atoms with E-state index in [1.807, 2.05) is 0 Å². The second-order valence-electron chi connectivity index (χ2n) is 3.72. The van der Waals surface area contributed by atoms with Crippen LogP contribution in [0.2, 0.25) is 0 Å². The van der Waals surface area contributed by atoms with E-state index in [1.165, 1.54) is 4.90 Å². The molecule has 94 valence electrons. The molecule has 1 atom stereocenters. The van der Waals surface area contributed by atoms with Crippen LogP contribution in [-0.2, 0) is 9.53 Å². The summed E-state index contributed by atoms with van der Waals surface area (Å²) in [7, 11) is 0. The van der Waals surface area contributed by atoms with E-state index in [-0.39, 0.29) is 5.91 Å². The Morgan fingerprint density at radius 3 is 2.75 bits per heavy atom. The maximum Gasteiger partial charge on any atom is 0.255 e. The molecule has 0 bridgehead atoms. The van der Waals surface area contributed by atoms with E-state index in [4.69, 9.17) is 4.74 Å². The van der Waals surface area contributed by atoms with E-state index in [1.54, 1.807) is 0 Å². The van der Waals surface area contributed by atoms with Crippen molar-refractivity contribution in [3.63, 3.8) is 0 Å². The molecule has 0 aliphatic carbocycles. The third kappa shape index (κ3) is 4.33. The highest BCUT2D eigenvalue weighted by Gasteiger charge is 2.27. The molecule has 1 rings (SSSR count). The Morgan fingerprint density at radius 1 is 1.50 bits per heavy atom. The van der Waals surface area contributed by atoms with Crippen molar-refractivity contribution in [3.8, 4) is 0 Å². The van der Waals surface area contributed by atoms with Gasteiger partial charge in [-0.05, 0) is 19.3 Å². The maximum atomic E-state index is 12.3. The Hall–Kier alpha value is -0.230. The topological polar surface area (TPSA) is 29.5 Å². The number of hydrogen-bond donors (Lipinski definition) is 0. The first kappa shape index (κ1) is 13.8. The summed E-state index contributed by atoms with van der Waals surface area (Å²) < 4.78 is 29.9. The summed E-state index contributed by atoms with van der Waals surface area (Å²) in [6.45, 7) is 0.334. The predicted octanol–water partition coefficient (Wildman–Crippen LogP) is 2.04. The predicted molar refractivity (Wildman–Crippen MR) is 60.0 cm³/mol. The van der Waals surface area contributed by atoms with Crippen LogP contribution in [0.25, 0.3) is 0 Å². The number of carbonyl (C=O) groups is 1. The molecule has 6 heteroatoms. The summed E-state index contributed by atoms with van der Waals surface area (Å²) in [5.74, 6) is -0.306. The molecule has 0 radical (unpaired) electrons. The van der Waals surface area contributed by atoms with E-state index in [2.05, 4.69) is 15.9 Å². The molecular formula is C10H16BrF2NO2.